The Morgan fingerprint density at radius 3 is 2.68 bits per heavy atom. The van der Waals surface area contributed by atoms with E-state index in [4.69, 9.17) is 0 Å². The summed E-state index contributed by atoms with van der Waals surface area (Å²) in [5, 5.41) is 20.4. The maximum atomic E-state index is 15.6. The minimum absolute atomic E-state index is 0.131. The summed E-state index contributed by atoms with van der Waals surface area (Å²) in [4.78, 5) is 12.2. The van der Waals surface area contributed by atoms with Gasteiger partial charge >= 0.3 is 0 Å². The van der Waals surface area contributed by atoms with Crippen molar-refractivity contribution in [3.63, 3.8) is 0 Å². The Kier molecular flexibility index (Phi) is 3.58. The fourth-order valence-electron chi connectivity index (χ4n) is 6.93. The fraction of sp³-hybridized carbons (Fsp3) is 0.762. The Balaban J connectivity index is 1.77. The summed E-state index contributed by atoms with van der Waals surface area (Å²) < 4.78 is 15.6. The standard InChI is InChI=1S/C21H29FO3/c1-19-9-12(11-23)17(24)8-13(19)4-5-14-15-6-7-21(3,25)20(15,2)10-16(22)18(14)19/h8,11,14-16,18,23,25H,4-7,9-10H2,1-3H3/t14-,15-,16?,18-,19-,20-,21?/m0/s1. The number of rotatable bonds is 0. The maximum absolute atomic E-state index is 15.6. The molecule has 0 bridgehead atoms. The molecule has 138 valence electrons. The number of aliphatic hydroxyl groups is 2. The normalized spacial score (nSPS) is 53.9. The van der Waals surface area contributed by atoms with Gasteiger partial charge in [-0.25, -0.2) is 4.39 Å². The summed E-state index contributed by atoms with van der Waals surface area (Å²) in [6.45, 7) is 6.03. The molecule has 0 aromatic heterocycles. The molecule has 3 nitrogen and oxygen atoms in total. The molecule has 0 radical (unpaired) electrons. The van der Waals surface area contributed by atoms with Crippen LogP contribution in [0.25, 0.3) is 0 Å². The van der Waals surface area contributed by atoms with Crippen LogP contribution in [0, 0.1) is 28.6 Å². The summed E-state index contributed by atoms with van der Waals surface area (Å²) in [5.41, 5.74) is -0.125. The average molecular weight is 348 g/mol. The third-order valence-electron chi connectivity index (χ3n) is 8.53. The zero-order valence-corrected chi connectivity index (χ0v) is 15.4. The quantitative estimate of drug-likeness (QED) is 0.508. The lowest BCUT2D eigenvalue weighted by Crippen LogP contribution is -2.58. The molecule has 2 N–H and O–H groups in total. The Morgan fingerprint density at radius 2 is 2.00 bits per heavy atom. The fourth-order valence-corrected chi connectivity index (χ4v) is 6.93. The van der Waals surface area contributed by atoms with Crippen molar-refractivity contribution in [2.45, 2.75) is 71.1 Å². The molecule has 25 heavy (non-hydrogen) atoms. The molecule has 4 aliphatic carbocycles. The van der Waals surface area contributed by atoms with E-state index in [2.05, 4.69) is 13.8 Å². The van der Waals surface area contributed by atoms with Gasteiger partial charge in [0.05, 0.1) is 11.9 Å². The molecular formula is C21H29FO3. The second-order valence-electron chi connectivity index (χ2n) is 9.57. The first-order valence-electron chi connectivity index (χ1n) is 9.59. The summed E-state index contributed by atoms with van der Waals surface area (Å²) in [5.74, 6) is 0.297. The van der Waals surface area contributed by atoms with Crippen LogP contribution in [0.5, 0.6) is 0 Å². The number of hydrogen-bond acceptors (Lipinski definition) is 3. The van der Waals surface area contributed by atoms with E-state index in [0.29, 0.717) is 24.3 Å². The van der Waals surface area contributed by atoms with E-state index in [1.165, 1.54) is 0 Å². The smallest absolute Gasteiger partial charge is 0.184 e. The summed E-state index contributed by atoms with van der Waals surface area (Å²) >= 11 is 0. The second kappa shape index (κ2) is 5.18. The van der Waals surface area contributed by atoms with Crippen molar-refractivity contribution in [3.05, 3.63) is 23.5 Å². The van der Waals surface area contributed by atoms with E-state index in [0.717, 1.165) is 37.5 Å². The third-order valence-corrected chi connectivity index (χ3v) is 8.53. The van der Waals surface area contributed by atoms with Crippen LogP contribution >= 0.6 is 0 Å². The monoisotopic (exact) mass is 348 g/mol. The first-order chi connectivity index (χ1) is 11.6. The van der Waals surface area contributed by atoms with Gasteiger partial charge in [0.15, 0.2) is 5.78 Å². The molecule has 4 rings (SSSR count). The molecular weight excluding hydrogens is 319 g/mol. The summed E-state index contributed by atoms with van der Waals surface area (Å²) in [6.07, 6.45) is 5.79. The number of allylic oxidation sites excluding steroid dienone is 2. The lowest BCUT2D eigenvalue weighted by atomic mass is 9.45. The van der Waals surface area contributed by atoms with Crippen molar-refractivity contribution in [2.75, 3.05) is 0 Å². The molecule has 0 aromatic rings. The molecule has 3 saturated carbocycles. The molecule has 0 aliphatic heterocycles. The van der Waals surface area contributed by atoms with Crippen molar-refractivity contribution in [1.29, 1.82) is 0 Å². The topological polar surface area (TPSA) is 57.5 Å². The van der Waals surface area contributed by atoms with Gasteiger partial charge in [0.2, 0.25) is 0 Å². The van der Waals surface area contributed by atoms with Gasteiger partial charge in [-0.15, -0.1) is 0 Å². The molecule has 0 aromatic carbocycles. The Bertz CT molecular complexity index is 679. The van der Waals surface area contributed by atoms with Crippen molar-refractivity contribution in [3.8, 4) is 0 Å². The Morgan fingerprint density at radius 1 is 1.28 bits per heavy atom. The van der Waals surface area contributed by atoms with Gasteiger partial charge in [-0.05, 0) is 68.8 Å². The van der Waals surface area contributed by atoms with Crippen molar-refractivity contribution < 1.29 is 19.4 Å². The summed E-state index contributed by atoms with van der Waals surface area (Å²) in [7, 11) is 0. The van der Waals surface area contributed by atoms with Gasteiger partial charge in [-0.2, -0.15) is 0 Å². The zero-order valence-electron chi connectivity index (χ0n) is 15.4. The van der Waals surface area contributed by atoms with E-state index in [1.807, 2.05) is 6.92 Å². The number of halogens is 1. The SMILES string of the molecule is CC1(O)CC[C@H]2[C@@H]3CCC4=CC(=O)C(=CO)C[C@]4(C)[C@@H]3C(F)C[C@@]21C. The van der Waals surface area contributed by atoms with Crippen molar-refractivity contribution in [2.24, 2.45) is 28.6 Å². The van der Waals surface area contributed by atoms with Crippen LogP contribution in [0.15, 0.2) is 23.5 Å². The minimum atomic E-state index is -0.988. The molecule has 2 unspecified atom stereocenters. The van der Waals surface area contributed by atoms with Gasteiger partial charge in [0.1, 0.15) is 6.17 Å². The van der Waals surface area contributed by atoms with Crippen LogP contribution in [0.2, 0.25) is 0 Å². The number of carbonyl (C=O) groups is 1. The maximum Gasteiger partial charge on any atom is 0.184 e. The predicted octanol–water partition coefficient (Wildman–Crippen LogP) is 4.27. The average Bonchev–Trinajstić information content (AvgIpc) is 2.76. The van der Waals surface area contributed by atoms with Crippen molar-refractivity contribution >= 4 is 5.78 Å². The highest BCUT2D eigenvalue weighted by molar-refractivity contribution is 6.05. The zero-order chi connectivity index (χ0) is 18.2. The number of carbonyl (C=O) groups excluding carboxylic acids is 1. The Hall–Kier alpha value is -1.16. The first kappa shape index (κ1) is 17.3. The molecule has 0 spiro atoms. The van der Waals surface area contributed by atoms with E-state index < -0.39 is 17.2 Å². The van der Waals surface area contributed by atoms with Crippen LogP contribution in [0.3, 0.4) is 0 Å². The molecule has 4 heteroatoms. The predicted molar refractivity (Wildman–Crippen MR) is 93.7 cm³/mol. The number of ketones is 1. The van der Waals surface area contributed by atoms with Crippen LogP contribution in [-0.4, -0.2) is 27.8 Å². The largest absolute Gasteiger partial charge is 0.515 e. The number of alkyl halides is 1. The highest BCUT2D eigenvalue weighted by atomic mass is 19.1. The van der Waals surface area contributed by atoms with Gasteiger partial charge < -0.3 is 10.2 Å². The first-order valence-corrected chi connectivity index (χ1v) is 9.59. The van der Waals surface area contributed by atoms with E-state index in [-0.39, 0.29) is 23.0 Å². The van der Waals surface area contributed by atoms with Crippen LogP contribution in [0.1, 0.15) is 59.3 Å². The van der Waals surface area contributed by atoms with E-state index in [9.17, 15) is 15.0 Å². The number of fused-ring (bicyclic) bond motifs is 5. The van der Waals surface area contributed by atoms with Gasteiger partial charge in [0.25, 0.3) is 0 Å². The lowest BCUT2D eigenvalue weighted by molar-refractivity contribution is -0.146. The molecule has 0 saturated heterocycles. The molecule has 7 atom stereocenters. The molecule has 0 amide bonds. The Labute approximate surface area is 149 Å². The highest BCUT2D eigenvalue weighted by Crippen LogP contribution is 2.68. The van der Waals surface area contributed by atoms with E-state index in [1.54, 1.807) is 6.08 Å². The van der Waals surface area contributed by atoms with E-state index >= 15 is 4.39 Å². The van der Waals surface area contributed by atoms with Crippen LogP contribution < -0.4 is 0 Å². The molecule has 3 fully saturated rings. The lowest BCUT2D eigenvalue weighted by Gasteiger charge is -2.59. The highest BCUT2D eigenvalue weighted by Gasteiger charge is 2.65. The molecule has 4 aliphatic rings. The molecule has 0 heterocycles. The number of hydrogen-bond donors (Lipinski definition) is 2. The van der Waals surface area contributed by atoms with Gasteiger partial charge in [-0.1, -0.05) is 19.4 Å². The minimum Gasteiger partial charge on any atom is -0.515 e. The van der Waals surface area contributed by atoms with Gasteiger partial charge in [0, 0.05) is 16.9 Å². The number of aliphatic hydroxyl groups excluding tert-OH is 1. The van der Waals surface area contributed by atoms with Crippen LogP contribution in [-0.2, 0) is 4.79 Å². The van der Waals surface area contributed by atoms with Crippen LogP contribution in [0.4, 0.5) is 4.39 Å². The third kappa shape index (κ3) is 2.09. The van der Waals surface area contributed by atoms with Crippen molar-refractivity contribution in [1.82, 2.24) is 0 Å². The second-order valence-corrected chi connectivity index (χ2v) is 9.57. The summed E-state index contributed by atoms with van der Waals surface area (Å²) in [6, 6.07) is 0. The van der Waals surface area contributed by atoms with Gasteiger partial charge in [-0.3, -0.25) is 4.79 Å².